The van der Waals surface area contributed by atoms with E-state index in [1.807, 2.05) is 13.8 Å². The van der Waals surface area contributed by atoms with Crippen molar-refractivity contribution in [1.29, 1.82) is 0 Å². The lowest BCUT2D eigenvalue weighted by Gasteiger charge is -2.28. The zero-order valence-corrected chi connectivity index (χ0v) is 13.2. The van der Waals surface area contributed by atoms with Crippen LogP contribution < -0.4 is 0 Å². The van der Waals surface area contributed by atoms with Crippen molar-refractivity contribution in [3.8, 4) is 12.3 Å². The highest BCUT2D eigenvalue weighted by Gasteiger charge is 2.48. The topological polar surface area (TPSA) is 82.3 Å². The minimum absolute atomic E-state index is 0.00166. The van der Waals surface area contributed by atoms with E-state index in [9.17, 15) is 14.7 Å². The van der Waals surface area contributed by atoms with Crippen molar-refractivity contribution in [1.82, 2.24) is 4.90 Å². The highest BCUT2D eigenvalue weighted by molar-refractivity contribution is 5.81. The Morgan fingerprint density at radius 2 is 2.05 bits per heavy atom. The molecule has 0 aromatic rings. The Morgan fingerprint density at radius 3 is 2.50 bits per heavy atom. The van der Waals surface area contributed by atoms with Crippen molar-refractivity contribution in [2.75, 3.05) is 13.1 Å². The van der Waals surface area contributed by atoms with Gasteiger partial charge in [-0.05, 0) is 12.3 Å². The molecular weight excluding hydrogens is 282 g/mol. The van der Waals surface area contributed by atoms with Gasteiger partial charge >= 0.3 is 5.97 Å². The van der Waals surface area contributed by atoms with Crippen LogP contribution in [0.4, 0.5) is 0 Å². The molecule has 0 aromatic heterocycles. The number of hydrogen-bond donors (Lipinski definition) is 1. The molecule has 6 heteroatoms. The fourth-order valence-electron chi connectivity index (χ4n) is 3.07. The monoisotopic (exact) mass is 305 g/mol. The molecule has 0 aliphatic carbocycles. The molecule has 1 N–H and O–H groups in total. The first kappa shape index (κ1) is 16.5. The van der Waals surface area contributed by atoms with Crippen LogP contribution in [0.25, 0.3) is 0 Å². The molecule has 1 unspecified atom stereocenters. The van der Waals surface area contributed by atoms with Crippen LogP contribution in [-0.2, 0) is 9.59 Å². The molecule has 0 aromatic carbocycles. The van der Waals surface area contributed by atoms with Crippen molar-refractivity contribution in [3.05, 3.63) is 0 Å². The molecule has 1 fully saturated rings. The van der Waals surface area contributed by atoms with Crippen LogP contribution in [0.5, 0.6) is 0 Å². The lowest BCUT2D eigenvalue weighted by Crippen LogP contribution is -2.40. The van der Waals surface area contributed by atoms with Crippen LogP contribution in [-0.4, -0.2) is 40.6 Å². The van der Waals surface area contributed by atoms with Gasteiger partial charge in [0.2, 0.25) is 5.91 Å². The van der Waals surface area contributed by atoms with Crippen LogP contribution in [0.15, 0.2) is 10.2 Å². The third kappa shape index (κ3) is 3.13. The Labute approximate surface area is 131 Å². The number of terminal acetylenes is 1. The maximum atomic E-state index is 12.3. The number of carboxylic acid groups (broad SMARTS) is 1. The van der Waals surface area contributed by atoms with Crippen LogP contribution >= 0.6 is 0 Å². The maximum absolute atomic E-state index is 12.3. The maximum Gasteiger partial charge on any atom is 0.311 e. The summed E-state index contributed by atoms with van der Waals surface area (Å²) < 4.78 is 0. The smallest absolute Gasteiger partial charge is 0.311 e. The molecule has 1 saturated heterocycles. The first-order chi connectivity index (χ1) is 10.4. The van der Waals surface area contributed by atoms with Gasteiger partial charge in [-0.15, -0.1) is 12.3 Å². The standard InChI is InChI=1S/C16H23N3O3/c1-4-5-7-16(17-18-16)8-6-13(20)19-10-9-15(11-19,12(2)3)14(21)22/h1,12H,5-11H2,2-3H3,(H,21,22). The number of nitrogens with zero attached hydrogens (tertiary/aromatic N) is 3. The molecule has 0 spiro atoms. The Kier molecular flexibility index (Phi) is 4.55. The molecule has 120 valence electrons. The van der Waals surface area contributed by atoms with E-state index in [0.717, 1.165) is 0 Å². The summed E-state index contributed by atoms with van der Waals surface area (Å²) in [7, 11) is 0. The van der Waals surface area contributed by atoms with Gasteiger partial charge in [-0.25, -0.2) is 0 Å². The quantitative estimate of drug-likeness (QED) is 0.733. The van der Waals surface area contributed by atoms with E-state index >= 15 is 0 Å². The van der Waals surface area contributed by atoms with Gasteiger partial charge in [-0.2, -0.15) is 10.2 Å². The second-order valence-corrected chi connectivity index (χ2v) is 6.57. The fourth-order valence-corrected chi connectivity index (χ4v) is 3.07. The van der Waals surface area contributed by atoms with Crippen molar-refractivity contribution in [2.24, 2.45) is 21.6 Å². The summed E-state index contributed by atoms with van der Waals surface area (Å²) in [5.41, 5.74) is -1.27. The zero-order chi connectivity index (χ0) is 16.4. The van der Waals surface area contributed by atoms with Crippen LogP contribution in [0.3, 0.4) is 0 Å². The average molecular weight is 305 g/mol. The highest BCUT2D eigenvalue weighted by Crippen LogP contribution is 2.40. The molecule has 0 bridgehead atoms. The summed E-state index contributed by atoms with van der Waals surface area (Å²) in [5, 5.41) is 17.6. The van der Waals surface area contributed by atoms with E-state index in [-0.39, 0.29) is 11.8 Å². The second kappa shape index (κ2) is 6.07. The number of hydrogen-bond acceptors (Lipinski definition) is 4. The Morgan fingerprint density at radius 1 is 1.36 bits per heavy atom. The number of carbonyl (C=O) groups is 2. The lowest BCUT2D eigenvalue weighted by molar-refractivity contribution is -0.151. The number of amides is 1. The van der Waals surface area contributed by atoms with Crippen molar-refractivity contribution in [3.63, 3.8) is 0 Å². The molecule has 0 radical (unpaired) electrons. The van der Waals surface area contributed by atoms with Gasteiger partial charge in [0.25, 0.3) is 0 Å². The highest BCUT2D eigenvalue weighted by atomic mass is 16.4. The van der Waals surface area contributed by atoms with Crippen LogP contribution in [0.2, 0.25) is 0 Å². The van der Waals surface area contributed by atoms with Gasteiger partial charge in [-0.3, -0.25) is 9.59 Å². The van der Waals surface area contributed by atoms with Crippen molar-refractivity contribution >= 4 is 11.9 Å². The van der Waals surface area contributed by atoms with Gasteiger partial charge < -0.3 is 10.0 Å². The SMILES string of the molecule is C#CCCC1(CCC(=O)N2CCC(C(=O)O)(C(C)C)C2)N=N1. The normalized spacial score (nSPS) is 25.3. The second-order valence-electron chi connectivity index (χ2n) is 6.57. The molecule has 2 heterocycles. The summed E-state index contributed by atoms with van der Waals surface area (Å²) in [4.78, 5) is 25.6. The minimum atomic E-state index is -0.814. The van der Waals surface area contributed by atoms with Gasteiger partial charge in [0.15, 0.2) is 5.66 Å². The third-order valence-electron chi connectivity index (χ3n) is 4.98. The molecule has 2 aliphatic heterocycles. The zero-order valence-electron chi connectivity index (χ0n) is 13.2. The molecule has 6 nitrogen and oxygen atoms in total. The van der Waals surface area contributed by atoms with Crippen molar-refractivity contribution in [2.45, 2.75) is 51.6 Å². The van der Waals surface area contributed by atoms with Gasteiger partial charge in [-0.1, -0.05) is 13.8 Å². The van der Waals surface area contributed by atoms with E-state index < -0.39 is 17.0 Å². The molecule has 1 atom stereocenters. The first-order valence-corrected chi connectivity index (χ1v) is 7.74. The van der Waals surface area contributed by atoms with Gasteiger partial charge in [0.1, 0.15) is 0 Å². The molecule has 1 amide bonds. The number of carbonyl (C=O) groups excluding carboxylic acids is 1. The molecule has 2 aliphatic rings. The lowest BCUT2D eigenvalue weighted by atomic mass is 9.76. The summed E-state index contributed by atoms with van der Waals surface area (Å²) in [6.07, 6.45) is 7.94. The summed E-state index contributed by atoms with van der Waals surface area (Å²) in [6, 6.07) is 0. The molecule has 22 heavy (non-hydrogen) atoms. The average Bonchev–Trinajstić information content (AvgIpc) is 3.08. The number of rotatable bonds is 7. The van der Waals surface area contributed by atoms with Gasteiger partial charge in [0, 0.05) is 38.8 Å². The number of likely N-dealkylation sites (tertiary alicyclic amines) is 1. The summed E-state index contributed by atoms with van der Waals surface area (Å²) in [5.74, 6) is 1.74. The Bertz CT molecular complexity index is 529. The predicted molar refractivity (Wildman–Crippen MR) is 81.0 cm³/mol. The summed E-state index contributed by atoms with van der Waals surface area (Å²) >= 11 is 0. The van der Waals surface area contributed by atoms with E-state index in [0.29, 0.717) is 45.2 Å². The minimum Gasteiger partial charge on any atom is -0.481 e. The van der Waals surface area contributed by atoms with E-state index in [1.54, 1.807) is 4.90 Å². The molecule has 0 saturated carbocycles. The van der Waals surface area contributed by atoms with Crippen molar-refractivity contribution < 1.29 is 14.7 Å². The van der Waals surface area contributed by atoms with E-state index in [2.05, 4.69) is 16.1 Å². The number of aliphatic carboxylic acids is 1. The largest absolute Gasteiger partial charge is 0.481 e. The molecule has 2 rings (SSSR count). The van der Waals surface area contributed by atoms with Crippen LogP contribution in [0, 0.1) is 23.7 Å². The van der Waals surface area contributed by atoms with E-state index in [4.69, 9.17) is 6.42 Å². The Hall–Kier alpha value is -1.90. The third-order valence-corrected chi connectivity index (χ3v) is 4.98. The van der Waals surface area contributed by atoms with Crippen LogP contribution in [0.1, 0.15) is 46.0 Å². The molecular formula is C16H23N3O3. The fraction of sp³-hybridized carbons (Fsp3) is 0.750. The first-order valence-electron chi connectivity index (χ1n) is 7.74. The Balaban J connectivity index is 1.87. The van der Waals surface area contributed by atoms with E-state index in [1.165, 1.54) is 0 Å². The van der Waals surface area contributed by atoms with Gasteiger partial charge in [0.05, 0.1) is 5.41 Å². The summed E-state index contributed by atoms with van der Waals surface area (Å²) in [6.45, 7) is 4.61. The predicted octanol–water partition coefficient (Wildman–Crippen LogP) is 2.30. The number of carboxylic acids is 1.